The van der Waals surface area contributed by atoms with Gasteiger partial charge in [-0.1, -0.05) is 12.1 Å². The van der Waals surface area contributed by atoms with Crippen LogP contribution in [0.1, 0.15) is 77.1 Å². The highest BCUT2D eigenvalue weighted by Gasteiger charge is 2.30. The van der Waals surface area contributed by atoms with Crippen molar-refractivity contribution in [3.8, 4) is 0 Å². The molecule has 2 unspecified atom stereocenters. The highest BCUT2D eigenvalue weighted by molar-refractivity contribution is 5.91. The summed E-state index contributed by atoms with van der Waals surface area (Å²) >= 11 is 0. The van der Waals surface area contributed by atoms with Crippen LogP contribution in [0.15, 0.2) is 12.1 Å². The molecule has 0 saturated heterocycles. The quantitative estimate of drug-likeness (QED) is 0.218. The Kier molecular flexibility index (Phi) is 11.9. The lowest BCUT2D eigenvalue weighted by atomic mass is 9.99. The van der Waals surface area contributed by atoms with Gasteiger partial charge in [-0.25, -0.2) is 19.2 Å². The van der Waals surface area contributed by atoms with Gasteiger partial charge in [0.15, 0.2) is 0 Å². The standard InChI is InChI=1S/C19H25NO5.C17H21NO5/c1-3-24-18(21)16(11-23-2)25-19(22)20-17-14-8-4-6-12(14)10-13-7-5-9-15(13)17;1-22-9-14(16(19)20)23-17(21)18-15-12-6-2-4-10(12)8-11-5-3-7-13(11)15/h10,16H,3-9,11H2,1-2H3,(H,20,22);8,14H,2-7,9H2,1H3,(H,18,21)(H,19,20). The predicted molar refractivity (Wildman–Crippen MR) is 177 cm³/mol. The van der Waals surface area contributed by atoms with Crippen LogP contribution >= 0.6 is 0 Å². The van der Waals surface area contributed by atoms with Crippen molar-refractivity contribution in [2.45, 2.75) is 96.2 Å². The summed E-state index contributed by atoms with van der Waals surface area (Å²) in [6.07, 6.45) is 8.67. The van der Waals surface area contributed by atoms with Crippen LogP contribution in [-0.2, 0) is 84.6 Å². The molecule has 0 aromatic heterocycles. The molecule has 3 N–H and O–H groups in total. The fourth-order valence-electron chi connectivity index (χ4n) is 7.30. The van der Waals surface area contributed by atoms with Crippen molar-refractivity contribution in [2.75, 3.05) is 44.7 Å². The predicted octanol–water partition coefficient (Wildman–Crippen LogP) is 5.10. The molecule has 48 heavy (non-hydrogen) atoms. The summed E-state index contributed by atoms with van der Waals surface area (Å²) in [7, 11) is 2.82. The summed E-state index contributed by atoms with van der Waals surface area (Å²) in [5.74, 6) is -1.81. The lowest BCUT2D eigenvalue weighted by Crippen LogP contribution is -2.35. The van der Waals surface area contributed by atoms with Crippen LogP contribution in [0.25, 0.3) is 0 Å². The number of esters is 1. The van der Waals surface area contributed by atoms with E-state index in [4.69, 9.17) is 28.8 Å². The maximum absolute atomic E-state index is 12.4. The van der Waals surface area contributed by atoms with Crippen LogP contribution in [0.3, 0.4) is 0 Å². The number of anilines is 2. The van der Waals surface area contributed by atoms with Gasteiger partial charge >= 0.3 is 24.1 Å². The van der Waals surface area contributed by atoms with Gasteiger partial charge in [0.05, 0.1) is 31.2 Å². The van der Waals surface area contributed by atoms with Crippen molar-refractivity contribution in [1.29, 1.82) is 0 Å². The van der Waals surface area contributed by atoms with E-state index in [2.05, 4.69) is 22.8 Å². The smallest absolute Gasteiger partial charge is 0.412 e. The molecule has 0 radical (unpaired) electrons. The minimum Gasteiger partial charge on any atom is -0.478 e. The Bertz CT molecular complexity index is 1470. The number of fused-ring (bicyclic) bond motifs is 4. The van der Waals surface area contributed by atoms with Crippen LogP contribution in [0.2, 0.25) is 0 Å². The average molecular weight is 667 g/mol. The topological polar surface area (TPSA) is 159 Å². The zero-order chi connectivity index (χ0) is 34.2. The molecule has 0 bridgehead atoms. The Labute approximate surface area is 280 Å². The molecule has 0 spiro atoms. The first kappa shape index (κ1) is 35.2. The molecule has 2 aromatic carbocycles. The van der Waals surface area contributed by atoms with Gasteiger partial charge in [-0.2, -0.15) is 0 Å². The fraction of sp³-hybridized carbons (Fsp3) is 0.556. The van der Waals surface area contributed by atoms with E-state index in [1.165, 1.54) is 58.7 Å². The number of hydrogen-bond acceptors (Lipinski definition) is 9. The SMILES string of the molecule is CCOC(=O)C(COC)OC(=O)Nc1c2c(cc3c1CCC3)CCC2.COCC(OC(=O)Nc1c2c(cc3c1CCC3)CCC2)C(=O)O. The number of rotatable bonds is 11. The number of aryl methyl sites for hydroxylation is 4. The molecule has 2 amide bonds. The molecule has 12 heteroatoms. The number of nitrogens with one attached hydrogen (secondary N) is 2. The van der Waals surface area contributed by atoms with Gasteiger partial charge in [-0.3, -0.25) is 10.6 Å². The summed E-state index contributed by atoms with van der Waals surface area (Å²) < 4.78 is 25.0. The lowest BCUT2D eigenvalue weighted by molar-refractivity contribution is -0.155. The highest BCUT2D eigenvalue weighted by Crippen LogP contribution is 2.40. The zero-order valence-corrected chi connectivity index (χ0v) is 28.0. The van der Waals surface area contributed by atoms with E-state index in [0.717, 1.165) is 88.4 Å². The van der Waals surface area contributed by atoms with Gasteiger partial charge in [0.1, 0.15) is 0 Å². The van der Waals surface area contributed by atoms with Crippen molar-refractivity contribution in [3.05, 3.63) is 56.6 Å². The van der Waals surface area contributed by atoms with Gasteiger partial charge in [-0.05, 0) is 128 Å². The van der Waals surface area contributed by atoms with E-state index in [0.29, 0.717) is 0 Å². The number of hydrogen-bond donors (Lipinski definition) is 3. The Morgan fingerprint density at radius 3 is 1.38 bits per heavy atom. The van der Waals surface area contributed by atoms with E-state index in [9.17, 15) is 19.2 Å². The number of aliphatic carboxylic acids is 1. The van der Waals surface area contributed by atoms with Crippen LogP contribution in [0.4, 0.5) is 21.0 Å². The number of carbonyl (C=O) groups excluding carboxylic acids is 3. The molecule has 2 atom stereocenters. The van der Waals surface area contributed by atoms with Crippen LogP contribution in [0, 0.1) is 0 Å². The first-order chi connectivity index (χ1) is 23.2. The van der Waals surface area contributed by atoms with Crippen molar-refractivity contribution in [2.24, 2.45) is 0 Å². The first-order valence-electron chi connectivity index (χ1n) is 16.9. The largest absolute Gasteiger partial charge is 0.478 e. The Morgan fingerprint density at radius 1 is 0.646 bits per heavy atom. The molecule has 260 valence electrons. The first-order valence-corrected chi connectivity index (χ1v) is 16.9. The highest BCUT2D eigenvalue weighted by atomic mass is 16.6. The van der Waals surface area contributed by atoms with E-state index in [-0.39, 0.29) is 19.8 Å². The summed E-state index contributed by atoms with van der Waals surface area (Å²) in [6, 6.07) is 4.57. The van der Waals surface area contributed by atoms with Crippen molar-refractivity contribution in [1.82, 2.24) is 0 Å². The third-order valence-corrected chi connectivity index (χ3v) is 9.36. The Balaban J connectivity index is 0.000000188. The Morgan fingerprint density at radius 2 is 1.02 bits per heavy atom. The average Bonchev–Trinajstić information content (AvgIpc) is 3.88. The summed E-state index contributed by atoms with van der Waals surface area (Å²) in [5.41, 5.74) is 11.8. The van der Waals surface area contributed by atoms with Gasteiger partial charge in [0, 0.05) is 14.2 Å². The summed E-state index contributed by atoms with van der Waals surface area (Å²) in [4.78, 5) is 47.5. The van der Waals surface area contributed by atoms with Crippen molar-refractivity contribution in [3.63, 3.8) is 0 Å². The summed E-state index contributed by atoms with van der Waals surface area (Å²) in [5, 5.41) is 14.8. The van der Waals surface area contributed by atoms with Crippen LogP contribution in [-0.4, -0.2) is 75.5 Å². The third kappa shape index (κ3) is 8.10. The van der Waals surface area contributed by atoms with Crippen molar-refractivity contribution < 1.29 is 48.0 Å². The van der Waals surface area contributed by atoms with Gasteiger partial charge < -0.3 is 28.8 Å². The van der Waals surface area contributed by atoms with Gasteiger partial charge in [0.25, 0.3) is 0 Å². The summed E-state index contributed by atoms with van der Waals surface area (Å²) in [6.45, 7) is 1.73. The minimum absolute atomic E-state index is 0.0305. The normalized spacial score (nSPS) is 16.3. The Hall–Kier alpha value is -4.16. The molecule has 0 saturated carbocycles. The minimum atomic E-state index is -1.30. The number of ether oxygens (including phenoxy) is 5. The van der Waals surface area contributed by atoms with Crippen molar-refractivity contribution >= 4 is 35.5 Å². The molecular weight excluding hydrogens is 620 g/mol. The molecule has 12 nitrogen and oxygen atoms in total. The van der Waals surface area contributed by atoms with Gasteiger partial charge in [-0.15, -0.1) is 0 Å². The molecular formula is C36H46N2O10. The second kappa shape index (κ2) is 16.3. The molecule has 0 heterocycles. The number of carboxylic acid groups (broad SMARTS) is 1. The monoisotopic (exact) mass is 666 g/mol. The third-order valence-electron chi connectivity index (χ3n) is 9.36. The second-order valence-corrected chi connectivity index (χ2v) is 12.5. The zero-order valence-electron chi connectivity index (χ0n) is 28.0. The number of benzene rings is 2. The molecule has 4 aliphatic rings. The maximum Gasteiger partial charge on any atom is 0.412 e. The van der Waals surface area contributed by atoms with E-state index in [1.54, 1.807) is 6.92 Å². The second-order valence-electron chi connectivity index (χ2n) is 12.5. The number of methoxy groups -OCH3 is 2. The number of carboxylic acids is 1. The molecule has 2 aromatic rings. The number of amides is 2. The van der Waals surface area contributed by atoms with E-state index in [1.807, 2.05) is 0 Å². The van der Waals surface area contributed by atoms with E-state index < -0.39 is 36.3 Å². The number of carbonyl (C=O) groups is 4. The lowest BCUT2D eigenvalue weighted by Gasteiger charge is -2.19. The molecule has 6 rings (SSSR count). The van der Waals surface area contributed by atoms with Gasteiger partial charge in [0.2, 0.25) is 12.2 Å². The molecule has 4 aliphatic carbocycles. The van der Waals surface area contributed by atoms with Crippen LogP contribution in [0.5, 0.6) is 0 Å². The van der Waals surface area contributed by atoms with Crippen LogP contribution < -0.4 is 10.6 Å². The molecule has 0 aliphatic heterocycles. The maximum atomic E-state index is 12.4. The van der Waals surface area contributed by atoms with E-state index >= 15 is 0 Å². The molecule has 0 fully saturated rings. The fourth-order valence-corrected chi connectivity index (χ4v) is 7.30.